The zero-order valence-corrected chi connectivity index (χ0v) is 22.6. The molecule has 0 aromatic heterocycles. The van der Waals surface area contributed by atoms with Gasteiger partial charge >= 0.3 is 17.9 Å². The summed E-state index contributed by atoms with van der Waals surface area (Å²) in [6.07, 6.45) is 6.93. The van der Waals surface area contributed by atoms with E-state index < -0.39 is 47.5 Å². The van der Waals surface area contributed by atoms with E-state index in [1.54, 1.807) is 6.08 Å². The van der Waals surface area contributed by atoms with Gasteiger partial charge in [0.05, 0.1) is 24.5 Å². The standard InChI is InChI=1S/C28H44O8/c1-18-8-7-9-20(17-35-25(33)16-27(5,34)15-24(31)32)14-23(30)28(6)13-12-21(22(28)11-10-18)26(3,4)36-19(2)29/h8,14,21-23,30,34H,7,9-13,15-17H2,1-6H3,(H,31,32)/b18-8+,20-14-/t21-,22+,23+,27-,28+/m1/s1. The molecule has 0 heterocycles. The van der Waals surface area contributed by atoms with E-state index in [-0.39, 0.29) is 24.4 Å². The molecule has 0 bridgehead atoms. The van der Waals surface area contributed by atoms with Gasteiger partial charge in [-0.3, -0.25) is 14.4 Å². The van der Waals surface area contributed by atoms with Gasteiger partial charge in [0.25, 0.3) is 0 Å². The average molecular weight is 509 g/mol. The smallest absolute Gasteiger partial charge is 0.309 e. The third kappa shape index (κ3) is 8.17. The monoisotopic (exact) mass is 508 g/mol. The minimum Gasteiger partial charge on any atom is -0.481 e. The Bertz CT molecular complexity index is 884. The molecule has 3 N–H and O–H groups in total. The van der Waals surface area contributed by atoms with Crippen LogP contribution in [0.3, 0.4) is 0 Å². The number of carbonyl (C=O) groups is 3. The Kier molecular flexibility index (Phi) is 9.93. The lowest BCUT2D eigenvalue weighted by atomic mass is 9.67. The fraction of sp³-hybridized carbons (Fsp3) is 0.750. The zero-order valence-electron chi connectivity index (χ0n) is 22.6. The molecule has 0 spiro atoms. The van der Waals surface area contributed by atoms with Gasteiger partial charge in [0.15, 0.2) is 0 Å². The summed E-state index contributed by atoms with van der Waals surface area (Å²) in [6.45, 7) is 10.8. The summed E-state index contributed by atoms with van der Waals surface area (Å²) in [5.74, 6) is -1.98. The van der Waals surface area contributed by atoms with Crippen LogP contribution in [0.1, 0.15) is 92.9 Å². The molecule has 1 saturated carbocycles. The van der Waals surface area contributed by atoms with Crippen LogP contribution in [-0.2, 0) is 23.9 Å². The summed E-state index contributed by atoms with van der Waals surface area (Å²) in [5.41, 5.74) is -0.749. The summed E-state index contributed by atoms with van der Waals surface area (Å²) in [4.78, 5) is 35.0. The van der Waals surface area contributed by atoms with Crippen molar-refractivity contribution in [3.8, 4) is 0 Å². The molecule has 0 radical (unpaired) electrons. The lowest BCUT2D eigenvalue weighted by Crippen LogP contribution is -2.44. The molecule has 0 aromatic rings. The highest BCUT2D eigenvalue weighted by molar-refractivity contribution is 5.74. The minimum absolute atomic E-state index is 0.0327. The number of hydrogen-bond acceptors (Lipinski definition) is 7. The number of hydrogen-bond donors (Lipinski definition) is 3. The highest BCUT2D eigenvalue weighted by Gasteiger charge is 2.53. The summed E-state index contributed by atoms with van der Waals surface area (Å²) in [5, 5.41) is 30.5. The molecule has 204 valence electrons. The van der Waals surface area contributed by atoms with E-state index in [0.717, 1.165) is 37.7 Å². The molecule has 2 aliphatic carbocycles. The van der Waals surface area contributed by atoms with Gasteiger partial charge in [-0.15, -0.1) is 0 Å². The SMILES string of the molecule is CC(=O)OC(C)(C)[C@@H]1CC[C@]2(C)[C@@H](O)/C=C(\COC(=O)C[C@](C)(O)CC(=O)O)CC/C=C(\C)CC[C@@H]12. The van der Waals surface area contributed by atoms with Gasteiger partial charge in [-0.1, -0.05) is 24.6 Å². The molecule has 0 saturated heterocycles. The zero-order chi connectivity index (χ0) is 27.3. The molecule has 1 fully saturated rings. The number of ether oxygens (including phenoxy) is 2. The van der Waals surface area contributed by atoms with E-state index >= 15 is 0 Å². The van der Waals surface area contributed by atoms with Gasteiger partial charge < -0.3 is 24.8 Å². The molecule has 0 amide bonds. The normalized spacial score (nSPS) is 31.9. The fourth-order valence-corrected chi connectivity index (χ4v) is 6.02. The lowest BCUT2D eigenvalue weighted by Gasteiger charge is -2.42. The highest BCUT2D eigenvalue weighted by atomic mass is 16.6. The largest absolute Gasteiger partial charge is 0.481 e. The predicted molar refractivity (Wildman–Crippen MR) is 135 cm³/mol. The second-order valence-corrected chi connectivity index (χ2v) is 11.8. The maximum Gasteiger partial charge on any atom is 0.309 e. The van der Waals surface area contributed by atoms with Crippen molar-refractivity contribution in [2.24, 2.45) is 17.3 Å². The molecule has 8 heteroatoms. The molecule has 0 unspecified atom stereocenters. The van der Waals surface area contributed by atoms with Gasteiger partial charge in [-0.25, -0.2) is 0 Å². The molecule has 2 aliphatic rings. The van der Waals surface area contributed by atoms with Crippen molar-refractivity contribution in [1.82, 2.24) is 0 Å². The number of aliphatic carboxylic acids is 1. The van der Waals surface area contributed by atoms with Gasteiger partial charge in [-0.2, -0.15) is 0 Å². The summed E-state index contributed by atoms with van der Waals surface area (Å²) >= 11 is 0. The van der Waals surface area contributed by atoms with E-state index in [1.165, 1.54) is 19.4 Å². The maximum absolute atomic E-state index is 12.3. The van der Waals surface area contributed by atoms with Gasteiger partial charge in [-0.05, 0) is 77.7 Å². The number of carbonyl (C=O) groups excluding carboxylic acids is 2. The van der Waals surface area contributed by atoms with Crippen LogP contribution in [0.2, 0.25) is 0 Å². The van der Waals surface area contributed by atoms with Crippen LogP contribution in [0.25, 0.3) is 0 Å². The van der Waals surface area contributed by atoms with E-state index in [1.807, 2.05) is 13.8 Å². The number of carboxylic acid groups (broad SMARTS) is 1. The van der Waals surface area contributed by atoms with Crippen molar-refractivity contribution in [3.63, 3.8) is 0 Å². The van der Waals surface area contributed by atoms with Crippen LogP contribution in [0, 0.1) is 17.3 Å². The highest BCUT2D eigenvalue weighted by Crippen LogP contribution is 2.55. The Hall–Kier alpha value is -2.19. The summed E-state index contributed by atoms with van der Waals surface area (Å²) in [7, 11) is 0. The topological polar surface area (TPSA) is 130 Å². The van der Waals surface area contributed by atoms with Crippen molar-refractivity contribution in [3.05, 3.63) is 23.3 Å². The summed E-state index contributed by atoms with van der Waals surface area (Å²) in [6, 6.07) is 0. The van der Waals surface area contributed by atoms with Crippen molar-refractivity contribution in [1.29, 1.82) is 0 Å². The van der Waals surface area contributed by atoms with E-state index in [4.69, 9.17) is 14.6 Å². The number of fused-ring (bicyclic) bond motifs is 1. The average Bonchev–Trinajstić information content (AvgIpc) is 3.05. The molecule has 0 aliphatic heterocycles. The number of aliphatic hydroxyl groups is 2. The van der Waals surface area contributed by atoms with Crippen LogP contribution in [-0.4, -0.2) is 57.1 Å². The van der Waals surface area contributed by atoms with Crippen LogP contribution in [0.5, 0.6) is 0 Å². The first-order valence-corrected chi connectivity index (χ1v) is 12.9. The molecular weight excluding hydrogens is 464 g/mol. The van der Waals surface area contributed by atoms with Crippen molar-refractivity contribution >= 4 is 17.9 Å². The van der Waals surface area contributed by atoms with Crippen molar-refractivity contribution in [2.45, 2.75) is 110 Å². The Labute approximate surface area is 214 Å². The molecule has 0 aromatic carbocycles. The van der Waals surface area contributed by atoms with Crippen LogP contribution < -0.4 is 0 Å². The van der Waals surface area contributed by atoms with Crippen LogP contribution in [0.4, 0.5) is 0 Å². The van der Waals surface area contributed by atoms with Crippen molar-refractivity contribution in [2.75, 3.05) is 6.61 Å². The first-order chi connectivity index (χ1) is 16.6. The fourth-order valence-electron chi connectivity index (χ4n) is 6.02. The van der Waals surface area contributed by atoms with Gasteiger partial charge in [0.1, 0.15) is 12.2 Å². The number of aliphatic hydroxyl groups excluding tert-OH is 1. The first-order valence-electron chi connectivity index (χ1n) is 12.9. The lowest BCUT2D eigenvalue weighted by molar-refractivity contribution is -0.162. The maximum atomic E-state index is 12.3. The molecular formula is C28H44O8. The van der Waals surface area contributed by atoms with Crippen LogP contribution in [0.15, 0.2) is 23.3 Å². The van der Waals surface area contributed by atoms with E-state index in [2.05, 4.69) is 19.9 Å². The quantitative estimate of drug-likeness (QED) is 0.326. The third-order valence-corrected chi connectivity index (χ3v) is 7.98. The first kappa shape index (κ1) is 30.0. The Morgan fingerprint density at radius 2 is 1.81 bits per heavy atom. The summed E-state index contributed by atoms with van der Waals surface area (Å²) < 4.78 is 11.1. The van der Waals surface area contributed by atoms with Crippen LogP contribution >= 0.6 is 0 Å². The Morgan fingerprint density at radius 3 is 2.42 bits per heavy atom. The number of esters is 2. The minimum atomic E-state index is -1.70. The number of rotatable bonds is 8. The predicted octanol–water partition coefficient (Wildman–Crippen LogP) is 4.33. The third-order valence-electron chi connectivity index (χ3n) is 7.98. The Balaban J connectivity index is 2.25. The number of allylic oxidation sites excluding steroid dienone is 2. The van der Waals surface area contributed by atoms with E-state index in [0.29, 0.717) is 6.42 Å². The molecule has 36 heavy (non-hydrogen) atoms. The number of carboxylic acids is 1. The molecule has 5 atom stereocenters. The molecule has 2 rings (SSSR count). The van der Waals surface area contributed by atoms with Gasteiger partial charge in [0.2, 0.25) is 0 Å². The van der Waals surface area contributed by atoms with Gasteiger partial charge in [0, 0.05) is 18.3 Å². The van der Waals surface area contributed by atoms with E-state index in [9.17, 15) is 24.6 Å². The molecule has 8 nitrogen and oxygen atoms in total. The van der Waals surface area contributed by atoms with Crippen molar-refractivity contribution < 1.29 is 39.2 Å². The second-order valence-electron chi connectivity index (χ2n) is 11.8. The second kappa shape index (κ2) is 11.9. The Morgan fingerprint density at radius 1 is 1.14 bits per heavy atom.